The molecule has 1 aromatic heterocycles. The number of benzene rings is 1. The molecular formula is C15H19N3. The zero-order valence-corrected chi connectivity index (χ0v) is 11.0. The lowest BCUT2D eigenvalue weighted by molar-refractivity contribution is 0.703. The quantitative estimate of drug-likeness (QED) is 0.818. The van der Waals surface area contributed by atoms with E-state index in [4.69, 9.17) is 0 Å². The van der Waals surface area contributed by atoms with E-state index in [0.717, 1.165) is 36.5 Å². The highest BCUT2D eigenvalue weighted by Crippen LogP contribution is 2.17. The molecule has 1 heterocycles. The molecule has 0 aliphatic rings. The normalized spacial score (nSPS) is 10.6. The molecule has 18 heavy (non-hydrogen) atoms. The molecule has 94 valence electrons. The Balaban J connectivity index is 2.16. The molecule has 0 atom stereocenters. The summed E-state index contributed by atoms with van der Waals surface area (Å²) in [4.78, 5) is 8.94. The van der Waals surface area contributed by atoms with Gasteiger partial charge in [-0.05, 0) is 39.1 Å². The molecule has 3 heteroatoms. The standard InChI is InChI=1S/C15H19N3/c1-12-5-3-6-13(11-12)14-8-10-17-15(18-14)7-4-9-16-2/h3,5-6,8,10-11,16H,4,7,9H2,1-2H3. The summed E-state index contributed by atoms with van der Waals surface area (Å²) in [7, 11) is 1.96. The van der Waals surface area contributed by atoms with Gasteiger partial charge in [0, 0.05) is 18.2 Å². The van der Waals surface area contributed by atoms with Crippen LogP contribution < -0.4 is 5.32 Å². The molecule has 2 rings (SSSR count). The molecule has 0 aliphatic carbocycles. The molecule has 0 saturated carbocycles. The Hall–Kier alpha value is -1.74. The zero-order valence-electron chi connectivity index (χ0n) is 11.0. The molecule has 2 aromatic rings. The average Bonchev–Trinajstić information content (AvgIpc) is 2.39. The van der Waals surface area contributed by atoms with Crippen LogP contribution in [-0.2, 0) is 6.42 Å². The molecule has 1 aromatic carbocycles. The van der Waals surface area contributed by atoms with Crippen LogP contribution in [0.25, 0.3) is 11.3 Å². The van der Waals surface area contributed by atoms with E-state index in [0.29, 0.717) is 0 Å². The highest BCUT2D eigenvalue weighted by Gasteiger charge is 2.02. The van der Waals surface area contributed by atoms with Gasteiger partial charge in [0.1, 0.15) is 5.82 Å². The summed E-state index contributed by atoms with van der Waals surface area (Å²) in [5, 5.41) is 3.14. The van der Waals surface area contributed by atoms with Gasteiger partial charge in [0.2, 0.25) is 0 Å². The number of hydrogen-bond donors (Lipinski definition) is 1. The predicted molar refractivity (Wildman–Crippen MR) is 74.5 cm³/mol. The second-order valence-electron chi connectivity index (χ2n) is 4.43. The van der Waals surface area contributed by atoms with E-state index in [1.807, 2.05) is 19.3 Å². The van der Waals surface area contributed by atoms with Crippen molar-refractivity contribution in [2.75, 3.05) is 13.6 Å². The number of nitrogens with zero attached hydrogens (tertiary/aromatic N) is 2. The van der Waals surface area contributed by atoms with Crippen molar-refractivity contribution in [1.29, 1.82) is 0 Å². The van der Waals surface area contributed by atoms with Crippen molar-refractivity contribution >= 4 is 0 Å². The van der Waals surface area contributed by atoms with Crippen LogP contribution >= 0.6 is 0 Å². The molecule has 3 nitrogen and oxygen atoms in total. The van der Waals surface area contributed by atoms with Crippen LogP contribution in [0.5, 0.6) is 0 Å². The second-order valence-corrected chi connectivity index (χ2v) is 4.43. The third kappa shape index (κ3) is 3.37. The van der Waals surface area contributed by atoms with Gasteiger partial charge in [0.25, 0.3) is 0 Å². The van der Waals surface area contributed by atoms with Gasteiger partial charge in [-0.15, -0.1) is 0 Å². The molecule has 0 amide bonds. The molecule has 0 aliphatic heterocycles. The van der Waals surface area contributed by atoms with E-state index in [-0.39, 0.29) is 0 Å². The zero-order chi connectivity index (χ0) is 12.8. The minimum Gasteiger partial charge on any atom is -0.320 e. The van der Waals surface area contributed by atoms with E-state index in [2.05, 4.69) is 46.5 Å². The van der Waals surface area contributed by atoms with Crippen molar-refractivity contribution in [3.05, 3.63) is 47.9 Å². The van der Waals surface area contributed by atoms with Crippen molar-refractivity contribution in [1.82, 2.24) is 15.3 Å². The van der Waals surface area contributed by atoms with Crippen LogP contribution in [0.15, 0.2) is 36.5 Å². The lowest BCUT2D eigenvalue weighted by Crippen LogP contribution is -2.09. The second kappa shape index (κ2) is 6.26. The van der Waals surface area contributed by atoms with Crippen LogP contribution in [0.4, 0.5) is 0 Å². The highest BCUT2D eigenvalue weighted by atomic mass is 14.9. The molecule has 1 N–H and O–H groups in total. The maximum absolute atomic E-state index is 4.62. The van der Waals surface area contributed by atoms with Gasteiger partial charge >= 0.3 is 0 Å². The average molecular weight is 241 g/mol. The summed E-state index contributed by atoms with van der Waals surface area (Å²) in [6.45, 7) is 3.09. The van der Waals surface area contributed by atoms with Crippen LogP contribution in [0.3, 0.4) is 0 Å². The first-order valence-electron chi connectivity index (χ1n) is 6.33. The summed E-state index contributed by atoms with van der Waals surface area (Å²) < 4.78 is 0. The van der Waals surface area contributed by atoms with Gasteiger partial charge in [-0.25, -0.2) is 9.97 Å². The van der Waals surface area contributed by atoms with E-state index >= 15 is 0 Å². The van der Waals surface area contributed by atoms with Crippen LogP contribution in [0, 0.1) is 6.92 Å². The van der Waals surface area contributed by atoms with Gasteiger partial charge in [0.05, 0.1) is 5.69 Å². The Morgan fingerprint density at radius 3 is 2.89 bits per heavy atom. The van der Waals surface area contributed by atoms with Crippen LogP contribution in [0.1, 0.15) is 17.8 Å². The SMILES string of the molecule is CNCCCc1nccc(-c2cccc(C)c2)n1. The summed E-state index contributed by atoms with van der Waals surface area (Å²) in [6, 6.07) is 10.4. The molecule has 0 radical (unpaired) electrons. The van der Waals surface area contributed by atoms with Crippen molar-refractivity contribution in [3.8, 4) is 11.3 Å². The van der Waals surface area contributed by atoms with Crippen LogP contribution in [0.2, 0.25) is 0 Å². The fraction of sp³-hybridized carbons (Fsp3) is 0.333. The third-order valence-corrected chi connectivity index (χ3v) is 2.85. The fourth-order valence-corrected chi connectivity index (χ4v) is 1.91. The topological polar surface area (TPSA) is 37.8 Å². The molecule has 0 spiro atoms. The number of aromatic nitrogens is 2. The minimum atomic E-state index is 0.917. The number of hydrogen-bond acceptors (Lipinski definition) is 3. The summed E-state index contributed by atoms with van der Waals surface area (Å²) in [5.74, 6) is 0.921. The molecule has 0 unspecified atom stereocenters. The fourth-order valence-electron chi connectivity index (χ4n) is 1.91. The summed E-state index contributed by atoms with van der Waals surface area (Å²) in [5.41, 5.74) is 3.42. The van der Waals surface area contributed by atoms with Gasteiger partial charge in [-0.1, -0.05) is 23.8 Å². The number of nitrogens with one attached hydrogen (secondary N) is 1. The van der Waals surface area contributed by atoms with Crippen molar-refractivity contribution in [3.63, 3.8) is 0 Å². The van der Waals surface area contributed by atoms with E-state index in [9.17, 15) is 0 Å². The Bertz CT molecular complexity index is 509. The van der Waals surface area contributed by atoms with E-state index in [1.54, 1.807) is 0 Å². The molecule has 0 saturated heterocycles. The largest absolute Gasteiger partial charge is 0.320 e. The van der Waals surface area contributed by atoms with Gasteiger partial charge < -0.3 is 5.32 Å². The monoisotopic (exact) mass is 241 g/mol. The highest BCUT2D eigenvalue weighted by molar-refractivity contribution is 5.59. The summed E-state index contributed by atoms with van der Waals surface area (Å²) in [6.07, 6.45) is 3.83. The Morgan fingerprint density at radius 2 is 2.11 bits per heavy atom. The molecule has 0 bridgehead atoms. The lowest BCUT2D eigenvalue weighted by Gasteiger charge is -2.04. The maximum atomic E-state index is 4.62. The first kappa shape index (κ1) is 12.7. The predicted octanol–water partition coefficient (Wildman–Crippen LogP) is 2.60. The Labute approximate surface area is 108 Å². The summed E-state index contributed by atoms with van der Waals surface area (Å²) >= 11 is 0. The Kier molecular flexibility index (Phi) is 4.42. The van der Waals surface area contributed by atoms with Gasteiger partial charge in [0.15, 0.2) is 0 Å². The van der Waals surface area contributed by atoms with E-state index in [1.165, 1.54) is 5.56 Å². The first-order valence-corrected chi connectivity index (χ1v) is 6.33. The molecular weight excluding hydrogens is 222 g/mol. The van der Waals surface area contributed by atoms with Crippen LogP contribution in [-0.4, -0.2) is 23.6 Å². The van der Waals surface area contributed by atoms with Gasteiger partial charge in [-0.3, -0.25) is 0 Å². The van der Waals surface area contributed by atoms with Gasteiger partial charge in [-0.2, -0.15) is 0 Å². The minimum absolute atomic E-state index is 0.917. The molecule has 0 fully saturated rings. The maximum Gasteiger partial charge on any atom is 0.128 e. The van der Waals surface area contributed by atoms with Crippen molar-refractivity contribution < 1.29 is 0 Å². The van der Waals surface area contributed by atoms with Crippen molar-refractivity contribution in [2.45, 2.75) is 19.8 Å². The van der Waals surface area contributed by atoms with E-state index < -0.39 is 0 Å². The number of rotatable bonds is 5. The Morgan fingerprint density at radius 1 is 1.22 bits per heavy atom. The number of aryl methyl sites for hydroxylation is 2. The third-order valence-electron chi connectivity index (χ3n) is 2.85. The van der Waals surface area contributed by atoms with Crippen molar-refractivity contribution in [2.24, 2.45) is 0 Å². The smallest absolute Gasteiger partial charge is 0.128 e. The first-order chi connectivity index (χ1) is 8.79. The lowest BCUT2D eigenvalue weighted by atomic mass is 10.1.